The van der Waals surface area contributed by atoms with Crippen LogP contribution in [0.2, 0.25) is 0 Å². The Balaban J connectivity index is 1.46. The topological polar surface area (TPSA) is 59.0 Å². The number of hydrogen-bond donors (Lipinski definition) is 2. The van der Waals surface area contributed by atoms with Gasteiger partial charge in [-0.25, -0.2) is 0 Å². The summed E-state index contributed by atoms with van der Waals surface area (Å²) in [6, 6.07) is 11.1. The first-order valence-corrected chi connectivity index (χ1v) is 12.5. The number of carbonyl (C=O) groups excluding carboxylic acids is 1. The molecule has 4 rings (SSSR count). The minimum absolute atomic E-state index is 0.0417. The van der Waals surface area contributed by atoms with Crippen molar-refractivity contribution in [3.8, 4) is 0 Å². The van der Waals surface area contributed by atoms with Crippen LogP contribution in [-0.4, -0.2) is 72.5 Å². The van der Waals surface area contributed by atoms with Gasteiger partial charge in [-0.15, -0.1) is 0 Å². The molecule has 0 aromatic heterocycles. The molecular weight excluding hydrogens is 469 g/mol. The van der Waals surface area contributed by atoms with E-state index in [0.29, 0.717) is 19.0 Å². The van der Waals surface area contributed by atoms with Gasteiger partial charge in [0.1, 0.15) is 6.23 Å². The molecule has 36 heavy (non-hydrogen) atoms. The molecule has 196 valence electrons. The molecule has 1 heterocycles. The van der Waals surface area contributed by atoms with Gasteiger partial charge in [-0.2, -0.15) is 13.2 Å². The predicted molar refractivity (Wildman–Crippen MR) is 133 cm³/mol. The van der Waals surface area contributed by atoms with Gasteiger partial charge in [0.15, 0.2) is 0 Å². The lowest BCUT2D eigenvalue weighted by Crippen LogP contribution is -2.40. The average molecular weight is 505 g/mol. The third-order valence-corrected chi connectivity index (χ3v) is 6.96. The van der Waals surface area contributed by atoms with E-state index in [1.807, 2.05) is 37.2 Å². The number of alkyl halides is 3. The maximum absolute atomic E-state index is 13.5. The zero-order chi connectivity index (χ0) is 25.9. The monoisotopic (exact) mass is 504 g/mol. The number of halogens is 3. The summed E-state index contributed by atoms with van der Waals surface area (Å²) in [7, 11) is 3.72. The van der Waals surface area contributed by atoms with Crippen LogP contribution in [0, 0.1) is 5.92 Å². The fourth-order valence-electron chi connectivity index (χ4n) is 4.72. The molecular formula is C27H35F3N4O2. The van der Waals surface area contributed by atoms with Gasteiger partial charge in [-0.3, -0.25) is 9.69 Å². The highest BCUT2D eigenvalue weighted by Gasteiger charge is 2.34. The van der Waals surface area contributed by atoms with Crippen molar-refractivity contribution >= 4 is 11.6 Å². The van der Waals surface area contributed by atoms with E-state index in [1.165, 1.54) is 29.9 Å². The Morgan fingerprint density at radius 1 is 1.11 bits per heavy atom. The molecule has 2 N–H and O–H groups in total. The summed E-state index contributed by atoms with van der Waals surface area (Å²) in [4.78, 5) is 18.7. The standard InChI is InChI=1S/C27H35F3N4O2/c1-32(2)14-15-33(18-20-6-3-4-8-23(20)27(28,29)30)25(35)16-31-24-9-5-7-22-21(24)12-13-34(26(22)36)17-19-10-11-19/h3-9,19,26,31,36H,10-18H2,1-2H3. The highest BCUT2D eigenvalue weighted by molar-refractivity contribution is 5.81. The normalized spacial score (nSPS) is 18.2. The molecule has 2 aliphatic rings. The van der Waals surface area contributed by atoms with Gasteiger partial charge in [0.05, 0.1) is 12.1 Å². The second kappa shape index (κ2) is 11.2. The second-order valence-electron chi connectivity index (χ2n) is 10.1. The summed E-state index contributed by atoms with van der Waals surface area (Å²) < 4.78 is 40.6. The first kappa shape index (κ1) is 26.4. The number of aliphatic hydroxyl groups excluding tert-OH is 1. The number of fused-ring (bicyclic) bond motifs is 1. The van der Waals surface area contributed by atoms with E-state index in [9.17, 15) is 23.1 Å². The Morgan fingerprint density at radius 3 is 2.56 bits per heavy atom. The Hall–Kier alpha value is -2.62. The molecule has 2 aromatic rings. The molecule has 1 fully saturated rings. The van der Waals surface area contributed by atoms with Crippen molar-refractivity contribution < 1.29 is 23.1 Å². The van der Waals surface area contributed by atoms with Crippen LogP contribution < -0.4 is 5.32 Å². The Labute approximate surface area is 210 Å². The Morgan fingerprint density at radius 2 is 1.86 bits per heavy atom. The molecule has 1 saturated carbocycles. The van der Waals surface area contributed by atoms with Crippen molar-refractivity contribution in [1.82, 2.24) is 14.7 Å². The zero-order valence-corrected chi connectivity index (χ0v) is 20.9. The molecule has 2 aromatic carbocycles. The van der Waals surface area contributed by atoms with Gasteiger partial charge in [0.25, 0.3) is 0 Å². The van der Waals surface area contributed by atoms with E-state index in [-0.39, 0.29) is 24.6 Å². The summed E-state index contributed by atoms with van der Waals surface area (Å²) in [6.07, 6.45) is -1.95. The quantitative estimate of drug-likeness (QED) is 0.513. The number of nitrogens with zero attached hydrogens (tertiary/aromatic N) is 3. The van der Waals surface area contributed by atoms with Crippen LogP contribution in [0.25, 0.3) is 0 Å². The number of amides is 1. The van der Waals surface area contributed by atoms with Crippen molar-refractivity contribution in [2.24, 2.45) is 5.92 Å². The number of aliphatic hydroxyl groups is 1. The number of anilines is 1. The Kier molecular flexibility index (Phi) is 8.22. The predicted octanol–water partition coefficient (Wildman–Crippen LogP) is 3.97. The number of likely N-dealkylation sites (N-methyl/N-ethyl adjacent to an activating group) is 1. The van der Waals surface area contributed by atoms with Gasteiger partial charge in [-0.1, -0.05) is 30.3 Å². The number of rotatable bonds is 10. The van der Waals surface area contributed by atoms with Gasteiger partial charge in [0, 0.05) is 44.0 Å². The molecule has 0 bridgehead atoms. The number of carbonyl (C=O) groups is 1. The van der Waals surface area contributed by atoms with Crippen LogP contribution in [0.15, 0.2) is 42.5 Å². The molecule has 1 aliphatic carbocycles. The third-order valence-electron chi connectivity index (χ3n) is 6.96. The van der Waals surface area contributed by atoms with E-state index in [1.54, 1.807) is 6.07 Å². The lowest BCUT2D eigenvalue weighted by atomic mass is 9.96. The van der Waals surface area contributed by atoms with Crippen molar-refractivity contribution in [2.75, 3.05) is 52.1 Å². The van der Waals surface area contributed by atoms with Crippen LogP contribution in [0.1, 0.15) is 41.3 Å². The van der Waals surface area contributed by atoms with Crippen LogP contribution in [0.3, 0.4) is 0 Å². The van der Waals surface area contributed by atoms with E-state index >= 15 is 0 Å². The van der Waals surface area contributed by atoms with E-state index in [2.05, 4.69) is 10.2 Å². The summed E-state index contributed by atoms with van der Waals surface area (Å²) >= 11 is 0. The van der Waals surface area contributed by atoms with Gasteiger partial charge < -0.3 is 20.2 Å². The van der Waals surface area contributed by atoms with Crippen molar-refractivity contribution in [1.29, 1.82) is 0 Å². The first-order chi connectivity index (χ1) is 17.1. The molecule has 0 saturated heterocycles. The molecule has 0 spiro atoms. The minimum Gasteiger partial charge on any atom is -0.376 e. The maximum atomic E-state index is 13.5. The van der Waals surface area contributed by atoms with Crippen LogP contribution in [0.5, 0.6) is 0 Å². The smallest absolute Gasteiger partial charge is 0.376 e. The highest BCUT2D eigenvalue weighted by Crippen LogP contribution is 2.37. The van der Waals surface area contributed by atoms with E-state index in [0.717, 1.165) is 42.4 Å². The summed E-state index contributed by atoms with van der Waals surface area (Å²) in [5.41, 5.74) is 1.99. The average Bonchev–Trinajstić information content (AvgIpc) is 3.65. The van der Waals surface area contributed by atoms with Gasteiger partial charge >= 0.3 is 6.18 Å². The number of hydrogen-bond acceptors (Lipinski definition) is 5. The van der Waals surface area contributed by atoms with Crippen molar-refractivity contribution in [3.63, 3.8) is 0 Å². The van der Waals surface area contributed by atoms with E-state index in [4.69, 9.17) is 0 Å². The number of benzene rings is 2. The fraction of sp³-hybridized carbons (Fsp3) is 0.519. The highest BCUT2D eigenvalue weighted by atomic mass is 19.4. The maximum Gasteiger partial charge on any atom is 0.416 e. The third kappa shape index (κ3) is 6.57. The van der Waals surface area contributed by atoms with E-state index < -0.39 is 18.0 Å². The largest absolute Gasteiger partial charge is 0.416 e. The van der Waals surface area contributed by atoms with Gasteiger partial charge in [0.2, 0.25) is 5.91 Å². The zero-order valence-electron chi connectivity index (χ0n) is 20.9. The summed E-state index contributed by atoms with van der Waals surface area (Å²) in [6.45, 7) is 2.33. The molecule has 1 aliphatic heterocycles. The molecule has 6 nitrogen and oxygen atoms in total. The van der Waals surface area contributed by atoms with Crippen molar-refractivity contribution in [3.05, 3.63) is 64.7 Å². The van der Waals surface area contributed by atoms with Crippen LogP contribution in [-0.2, 0) is 23.9 Å². The van der Waals surface area contributed by atoms with Crippen molar-refractivity contribution in [2.45, 2.75) is 38.2 Å². The fourth-order valence-corrected chi connectivity index (χ4v) is 4.72. The summed E-state index contributed by atoms with van der Waals surface area (Å²) in [5.74, 6) is 0.397. The number of nitrogens with one attached hydrogen (secondary N) is 1. The van der Waals surface area contributed by atoms with Crippen LogP contribution >= 0.6 is 0 Å². The molecule has 1 unspecified atom stereocenters. The van der Waals surface area contributed by atoms with Crippen LogP contribution in [0.4, 0.5) is 18.9 Å². The summed E-state index contributed by atoms with van der Waals surface area (Å²) in [5, 5.41) is 14.1. The Bertz CT molecular complexity index is 1060. The molecule has 0 radical (unpaired) electrons. The molecule has 9 heteroatoms. The lowest BCUT2D eigenvalue weighted by molar-refractivity contribution is -0.139. The molecule has 1 amide bonds. The lowest BCUT2D eigenvalue weighted by Gasteiger charge is -2.35. The second-order valence-corrected chi connectivity index (χ2v) is 10.1. The van der Waals surface area contributed by atoms with Gasteiger partial charge in [-0.05, 0) is 62.5 Å². The molecule has 1 atom stereocenters. The SMILES string of the molecule is CN(C)CCN(Cc1ccccc1C(F)(F)F)C(=O)CNc1cccc2c1CCN(CC1CC1)C2O. The first-order valence-electron chi connectivity index (χ1n) is 12.5. The minimum atomic E-state index is -4.48.